The Hall–Kier alpha value is -13.9. The van der Waals surface area contributed by atoms with Crippen molar-refractivity contribution in [3.05, 3.63) is 233 Å². The molecule has 35 nitrogen and oxygen atoms in total. The molecule has 0 saturated heterocycles. The van der Waals surface area contributed by atoms with Gasteiger partial charge in [0.1, 0.15) is 18.8 Å². The number of hydrogen-bond acceptors (Lipinski definition) is 24. The third-order valence-electron chi connectivity index (χ3n) is 13.5. The van der Waals surface area contributed by atoms with Gasteiger partial charge in [0.2, 0.25) is 17.7 Å². The van der Waals surface area contributed by atoms with Crippen molar-refractivity contribution in [2.45, 2.75) is 27.7 Å². The first-order valence-electron chi connectivity index (χ1n) is 28.4. The number of ether oxygens (including phenoxy) is 1. The number of aromatic nitrogens is 12. The fraction of sp³-hybridized carbons (Fsp3) is 0.0769. The van der Waals surface area contributed by atoms with Crippen molar-refractivity contribution < 1.29 is 101 Å². The van der Waals surface area contributed by atoms with Crippen LogP contribution in [0.3, 0.4) is 0 Å². The SMILES string of the molecule is CC(=O)c1ccc(-n2cc(NC(=O)c3coc(-c4ccnc(C)c4)n3)c(C(N)=O)n2)cc1.COC(=O)c1ccc(-n2cc(N)c(C(N)=O)n2)cc1.Cc1cc(-c2nc(C(=O)Nc3cn(-c4ccc(C(=O)O)cc4)nc3C(N)=O)co2)ccn1.Cc1cc(-c2nc(C(=O)O)co2)ccn1.O.[Li+].[OH-]. The second-order valence-corrected chi connectivity index (χ2v) is 20.5. The summed E-state index contributed by atoms with van der Waals surface area (Å²) in [5.41, 5.74) is 28.7. The number of benzene rings is 3. The van der Waals surface area contributed by atoms with E-state index >= 15 is 0 Å². The first-order chi connectivity index (χ1) is 46.8. The van der Waals surface area contributed by atoms with Crippen LogP contribution >= 0.6 is 0 Å². The van der Waals surface area contributed by atoms with Gasteiger partial charge in [0.25, 0.3) is 29.5 Å². The van der Waals surface area contributed by atoms with Crippen LogP contribution in [0.5, 0.6) is 0 Å². The molecule has 0 bridgehead atoms. The molecule has 101 heavy (non-hydrogen) atoms. The molecule has 0 spiro atoms. The van der Waals surface area contributed by atoms with E-state index in [1.54, 1.807) is 104 Å². The molecule has 12 aromatic rings. The summed E-state index contributed by atoms with van der Waals surface area (Å²) in [6, 6.07) is 29.3. The van der Waals surface area contributed by atoms with Gasteiger partial charge in [-0.25, -0.2) is 43.4 Å². The number of hydrogen-bond donors (Lipinski definition) is 8. The summed E-state index contributed by atoms with van der Waals surface area (Å²) in [7, 11) is 1.31. The van der Waals surface area contributed by atoms with Gasteiger partial charge in [0, 0.05) is 57.9 Å². The van der Waals surface area contributed by atoms with Crippen molar-refractivity contribution in [2.24, 2.45) is 17.2 Å². The molecular formula is C65H57LiN18O17. The molecule has 15 N–H and O–H groups in total. The van der Waals surface area contributed by atoms with Crippen LogP contribution in [0.15, 0.2) is 178 Å². The molecule has 0 radical (unpaired) electrons. The Labute approximate surface area is 581 Å². The second kappa shape index (κ2) is 33.7. The van der Waals surface area contributed by atoms with E-state index < -0.39 is 47.4 Å². The number of rotatable bonds is 17. The number of oxazole rings is 3. The third kappa shape index (κ3) is 19.0. The van der Waals surface area contributed by atoms with Crippen LogP contribution < -0.4 is 52.4 Å². The zero-order valence-corrected chi connectivity index (χ0v) is 53.9. The zero-order valence-electron chi connectivity index (χ0n) is 53.9. The van der Waals surface area contributed by atoms with Crippen molar-refractivity contribution in [3.8, 4) is 51.4 Å². The number of carboxylic acids is 2. The maximum Gasteiger partial charge on any atom is 1.00 e. The summed E-state index contributed by atoms with van der Waals surface area (Å²) in [5.74, 6) is -5.47. The molecule has 0 aliphatic rings. The molecule has 5 amide bonds. The minimum absolute atomic E-state index is 0. The summed E-state index contributed by atoms with van der Waals surface area (Å²) in [5, 5.41) is 35.0. The summed E-state index contributed by atoms with van der Waals surface area (Å²) < 4.78 is 24.5. The summed E-state index contributed by atoms with van der Waals surface area (Å²) in [6.07, 6.45) is 12.7. The van der Waals surface area contributed by atoms with Gasteiger partial charge in [-0.05, 0) is 137 Å². The number of carbonyl (C=O) groups excluding carboxylic acids is 7. The standard InChI is InChI=1S/C22H18N6O4.C21H16N6O5.C12H12N4O3.C10H8N2O3.Li.2H2O/c1-12-9-15(7-8-24-12)22-26-18(11-32-22)21(31)25-17-10-28(27-19(17)20(23)30)16-5-3-14(4-6-16)13(2)29;1-11-8-13(6-7-23-11)20-25-16(10-32-20)19(29)24-15-9-27(26-17(15)18(22)28)14-4-2-12(3-5-14)21(30)31;1-19-12(18)7-2-4-8(5-3-7)16-6-9(13)10(15-16)11(14)17;1-6-4-7(2-3-11-6)9-12-8(5-15-9)10(13)14;;;/h3-11H,1-2H3,(H2,23,30)(H,25,31);2-10H,1H3,(H2,22,28)(H,24,29)(H,30,31);2-6H,13H2,1H3,(H2,14,17);2-5H,1H3,(H,13,14);;2*1H2/q;;;;+1;;/p-1. The normalized spacial score (nSPS) is 10.2. The Balaban J connectivity index is 0.000000219. The number of aromatic carboxylic acids is 2. The van der Waals surface area contributed by atoms with E-state index in [1.807, 2.05) is 20.8 Å². The number of anilines is 3. The molecule has 36 heteroatoms. The summed E-state index contributed by atoms with van der Waals surface area (Å²) in [6.45, 7) is 6.95. The van der Waals surface area contributed by atoms with E-state index in [0.29, 0.717) is 39.3 Å². The van der Waals surface area contributed by atoms with Crippen LogP contribution in [-0.4, -0.2) is 141 Å². The molecule has 3 aromatic carbocycles. The Kier molecular flexibility index (Phi) is 25.4. The average Bonchev–Trinajstić information content (AvgIpc) is 1.66. The largest absolute Gasteiger partial charge is 1.00 e. The number of Topliss-reactive ketones (excluding diaryl/α,β-unsaturated/α-hetero) is 1. The third-order valence-corrected chi connectivity index (χ3v) is 13.5. The predicted octanol–water partition coefficient (Wildman–Crippen LogP) is 3.15. The first kappa shape index (κ1) is 76.1. The molecular weight excluding hydrogens is 1310 g/mol. The van der Waals surface area contributed by atoms with Crippen LogP contribution in [0.2, 0.25) is 0 Å². The maximum absolute atomic E-state index is 12.7. The van der Waals surface area contributed by atoms with E-state index in [0.717, 1.165) is 28.9 Å². The number of methoxy groups -OCH3 is 1. The number of aryl methyl sites for hydroxylation is 3. The number of pyridine rings is 3. The quantitative estimate of drug-likeness (QED) is 0.0369. The number of nitrogen functional groups attached to an aromatic ring is 1. The van der Waals surface area contributed by atoms with E-state index in [2.05, 4.69) is 60.6 Å². The van der Waals surface area contributed by atoms with Gasteiger partial charge in [-0.2, -0.15) is 15.3 Å². The number of nitrogens with one attached hydrogen (secondary N) is 2. The van der Waals surface area contributed by atoms with Crippen molar-refractivity contribution in [2.75, 3.05) is 23.5 Å². The number of carbonyl (C=O) groups is 9. The monoisotopic (exact) mass is 1370 g/mol. The van der Waals surface area contributed by atoms with Crippen LogP contribution in [-0.2, 0) is 4.74 Å². The molecule has 9 aromatic heterocycles. The van der Waals surface area contributed by atoms with Gasteiger partial charge < -0.3 is 72.7 Å². The van der Waals surface area contributed by atoms with Gasteiger partial charge in [0.05, 0.1) is 71.0 Å². The van der Waals surface area contributed by atoms with Gasteiger partial charge in [-0.15, -0.1) is 0 Å². The molecule has 0 atom stereocenters. The molecule has 510 valence electrons. The topological polar surface area (TPSA) is 563 Å². The van der Waals surface area contributed by atoms with Crippen LogP contribution in [0.1, 0.15) is 118 Å². The number of primary amides is 3. The molecule has 0 saturated carbocycles. The van der Waals surface area contributed by atoms with E-state index in [4.69, 9.17) is 46.4 Å². The fourth-order valence-electron chi connectivity index (χ4n) is 8.68. The predicted molar refractivity (Wildman–Crippen MR) is 351 cm³/mol. The van der Waals surface area contributed by atoms with Crippen LogP contribution in [0.25, 0.3) is 51.4 Å². The number of nitrogens with two attached hydrogens (primary N) is 4. The van der Waals surface area contributed by atoms with Crippen molar-refractivity contribution in [3.63, 3.8) is 0 Å². The van der Waals surface area contributed by atoms with Gasteiger partial charge >= 0.3 is 36.8 Å². The second-order valence-electron chi connectivity index (χ2n) is 20.5. The van der Waals surface area contributed by atoms with Gasteiger partial charge in [-0.3, -0.25) is 43.7 Å². The minimum atomic E-state index is -1.10. The van der Waals surface area contributed by atoms with Gasteiger partial charge in [-0.1, -0.05) is 0 Å². The fourth-order valence-corrected chi connectivity index (χ4v) is 8.68. The summed E-state index contributed by atoms with van der Waals surface area (Å²) in [4.78, 5) is 129. The molecule has 0 aliphatic carbocycles. The number of amides is 5. The Bertz CT molecular complexity index is 4810. The molecule has 0 unspecified atom stereocenters. The molecule has 0 aliphatic heterocycles. The van der Waals surface area contributed by atoms with E-state index in [9.17, 15) is 43.2 Å². The number of esters is 1. The Morgan fingerprint density at radius 3 is 1.13 bits per heavy atom. The smallest absolute Gasteiger partial charge is 0.870 e. The van der Waals surface area contributed by atoms with Crippen LogP contribution in [0, 0.1) is 20.8 Å². The molecule has 12 rings (SSSR count). The molecule has 9 heterocycles. The maximum atomic E-state index is 12.7. The van der Waals surface area contributed by atoms with Crippen LogP contribution in [0.4, 0.5) is 17.1 Å². The van der Waals surface area contributed by atoms with Crippen molar-refractivity contribution >= 4 is 70.3 Å². The Morgan fingerprint density at radius 2 is 0.812 bits per heavy atom. The minimum Gasteiger partial charge on any atom is -0.870 e. The summed E-state index contributed by atoms with van der Waals surface area (Å²) >= 11 is 0. The average molecular weight is 1370 g/mol. The van der Waals surface area contributed by atoms with Gasteiger partial charge in [0.15, 0.2) is 39.9 Å². The first-order valence-corrected chi connectivity index (χ1v) is 28.4. The van der Waals surface area contributed by atoms with Crippen molar-refractivity contribution in [1.82, 2.24) is 59.2 Å². The number of carboxylic acid groups (broad SMARTS) is 2. The Morgan fingerprint density at radius 1 is 0.475 bits per heavy atom. The number of ketones is 1. The zero-order chi connectivity index (χ0) is 70.5. The number of nitrogens with zero attached hydrogens (tertiary/aromatic N) is 12. The van der Waals surface area contributed by atoms with E-state index in [-0.39, 0.29) is 110 Å². The van der Waals surface area contributed by atoms with Crippen molar-refractivity contribution in [1.29, 1.82) is 0 Å². The molecule has 0 fully saturated rings. The van der Waals surface area contributed by atoms with E-state index in [1.165, 1.54) is 83.5 Å².